The number of nitrogens with zero attached hydrogens (tertiary/aromatic N) is 2. The number of Topliss-reactive ketones (excluding diaryl/α,β-unsaturated/α-hetero) is 1. The average molecular weight is 352 g/mol. The summed E-state index contributed by atoms with van der Waals surface area (Å²) in [5.74, 6) is -1.77. The normalized spacial score (nSPS) is 33.4. The molecule has 0 unspecified atom stereocenters. The van der Waals surface area contributed by atoms with Crippen molar-refractivity contribution in [1.82, 2.24) is 5.01 Å². The highest BCUT2D eigenvalue weighted by atomic mass is 19.4. The minimum atomic E-state index is -4.81. The van der Waals surface area contributed by atoms with Crippen molar-refractivity contribution in [3.8, 4) is 0 Å². The van der Waals surface area contributed by atoms with E-state index < -0.39 is 48.0 Å². The van der Waals surface area contributed by atoms with Gasteiger partial charge in [0.25, 0.3) is 0 Å². The third-order valence-corrected chi connectivity index (χ3v) is 5.30. The van der Waals surface area contributed by atoms with E-state index in [0.717, 1.165) is 10.6 Å². The highest BCUT2D eigenvalue weighted by Crippen LogP contribution is 2.58. The van der Waals surface area contributed by atoms with E-state index in [0.29, 0.717) is 5.56 Å². The SMILES string of the molecule is Cc1ccc(C(=O)[C@H]2C[C@@]3(C(F)(F)F)C(=O)O[C@H]4CC=NN2[C@H]43)cc1. The summed E-state index contributed by atoms with van der Waals surface area (Å²) < 4.78 is 46.6. The quantitative estimate of drug-likeness (QED) is 0.606. The second-order valence-electron chi connectivity index (χ2n) is 6.72. The molecule has 1 aromatic rings. The number of rotatable bonds is 2. The first-order chi connectivity index (χ1) is 11.8. The minimum absolute atomic E-state index is 0.121. The van der Waals surface area contributed by atoms with Crippen molar-refractivity contribution >= 4 is 18.0 Å². The Bertz CT molecular complexity index is 774. The number of alkyl halides is 3. The van der Waals surface area contributed by atoms with E-state index in [1.165, 1.54) is 6.21 Å². The third-order valence-electron chi connectivity index (χ3n) is 5.30. The third kappa shape index (κ3) is 2.06. The maximum Gasteiger partial charge on any atom is 0.407 e. The topological polar surface area (TPSA) is 59.0 Å². The molecule has 0 amide bonds. The number of hydrogen-bond acceptors (Lipinski definition) is 5. The van der Waals surface area contributed by atoms with Crippen LogP contribution < -0.4 is 0 Å². The Morgan fingerprint density at radius 2 is 2.00 bits per heavy atom. The zero-order valence-electron chi connectivity index (χ0n) is 13.3. The molecule has 2 fully saturated rings. The van der Waals surface area contributed by atoms with E-state index in [1.54, 1.807) is 24.3 Å². The zero-order chi connectivity index (χ0) is 18.0. The lowest BCUT2D eigenvalue weighted by molar-refractivity contribution is -0.224. The summed E-state index contributed by atoms with van der Waals surface area (Å²) in [6.45, 7) is 1.85. The lowest BCUT2D eigenvalue weighted by Crippen LogP contribution is -2.52. The van der Waals surface area contributed by atoms with Gasteiger partial charge in [-0.2, -0.15) is 18.3 Å². The van der Waals surface area contributed by atoms with Crippen LogP contribution in [0.2, 0.25) is 0 Å². The van der Waals surface area contributed by atoms with Crippen molar-refractivity contribution in [2.75, 3.05) is 0 Å². The van der Waals surface area contributed by atoms with Crippen molar-refractivity contribution in [2.24, 2.45) is 10.5 Å². The number of hydrazone groups is 1. The molecule has 4 atom stereocenters. The Morgan fingerprint density at radius 1 is 1.32 bits per heavy atom. The maximum atomic E-state index is 13.9. The Balaban J connectivity index is 1.77. The molecule has 3 heterocycles. The fourth-order valence-corrected chi connectivity index (χ4v) is 4.03. The number of aryl methyl sites for hydroxylation is 1. The van der Waals surface area contributed by atoms with Gasteiger partial charge in [-0.25, -0.2) is 0 Å². The van der Waals surface area contributed by atoms with Gasteiger partial charge in [0, 0.05) is 24.6 Å². The summed E-state index contributed by atoms with van der Waals surface area (Å²) in [4.78, 5) is 25.0. The van der Waals surface area contributed by atoms with Crippen molar-refractivity contribution < 1.29 is 27.5 Å². The van der Waals surface area contributed by atoms with E-state index in [1.807, 2.05) is 6.92 Å². The first-order valence-corrected chi connectivity index (χ1v) is 7.95. The van der Waals surface area contributed by atoms with E-state index in [2.05, 4.69) is 5.10 Å². The van der Waals surface area contributed by atoms with Gasteiger partial charge >= 0.3 is 12.1 Å². The van der Waals surface area contributed by atoms with Crippen LogP contribution in [-0.2, 0) is 9.53 Å². The van der Waals surface area contributed by atoms with Crippen LogP contribution in [0.4, 0.5) is 13.2 Å². The highest BCUT2D eigenvalue weighted by Gasteiger charge is 2.78. The molecule has 0 spiro atoms. The number of ether oxygens (including phenoxy) is 1. The van der Waals surface area contributed by atoms with Crippen LogP contribution in [-0.4, -0.2) is 47.3 Å². The van der Waals surface area contributed by atoms with Crippen LogP contribution in [0.5, 0.6) is 0 Å². The average Bonchev–Trinajstić information content (AvgIpc) is 3.06. The van der Waals surface area contributed by atoms with Gasteiger partial charge in [0.1, 0.15) is 18.2 Å². The van der Waals surface area contributed by atoms with Gasteiger partial charge < -0.3 is 4.74 Å². The van der Waals surface area contributed by atoms with E-state index in [4.69, 9.17) is 4.74 Å². The van der Waals surface area contributed by atoms with Crippen LogP contribution in [0.1, 0.15) is 28.8 Å². The number of halogens is 3. The van der Waals surface area contributed by atoms with Gasteiger partial charge in [-0.1, -0.05) is 29.8 Å². The highest BCUT2D eigenvalue weighted by molar-refractivity contribution is 6.01. The van der Waals surface area contributed by atoms with Crippen molar-refractivity contribution in [1.29, 1.82) is 0 Å². The van der Waals surface area contributed by atoms with Crippen LogP contribution in [0, 0.1) is 12.3 Å². The molecule has 4 rings (SSSR count). The largest absolute Gasteiger partial charge is 0.459 e. The zero-order valence-corrected chi connectivity index (χ0v) is 13.3. The van der Waals surface area contributed by atoms with Crippen molar-refractivity contribution in [3.63, 3.8) is 0 Å². The first-order valence-electron chi connectivity index (χ1n) is 7.95. The summed E-state index contributed by atoms with van der Waals surface area (Å²) in [6.07, 6.45) is -4.88. The van der Waals surface area contributed by atoms with Crippen LogP contribution in [0.15, 0.2) is 29.4 Å². The van der Waals surface area contributed by atoms with E-state index in [-0.39, 0.29) is 6.42 Å². The van der Waals surface area contributed by atoms with Gasteiger partial charge in [-0.05, 0) is 6.92 Å². The number of carbonyl (C=O) groups excluding carboxylic acids is 2. The minimum Gasteiger partial charge on any atom is -0.459 e. The number of benzene rings is 1. The van der Waals surface area contributed by atoms with Gasteiger partial charge in [-0.3, -0.25) is 14.6 Å². The standard InChI is InChI=1S/C17H15F3N2O3/c1-9-2-4-10(5-3-9)13(23)11-8-16(17(18,19)20)14-12(25-15(16)24)6-7-21-22(11)14/h2-5,7,11-12,14H,6,8H2,1H3/t11-,12+,14-,16+/m1/s1. The molecule has 132 valence electrons. The van der Waals surface area contributed by atoms with Crippen molar-refractivity contribution in [2.45, 2.75) is 44.1 Å². The van der Waals surface area contributed by atoms with Gasteiger partial charge in [-0.15, -0.1) is 0 Å². The lowest BCUT2D eigenvalue weighted by Gasteiger charge is -2.33. The number of ketones is 1. The summed E-state index contributed by atoms with van der Waals surface area (Å²) in [5, 5.41) is 5.16. The summed E-state index contributed by atoms with van der Waals surface area (Å²) in [6, 6.07) is 4.18. The molecule has 0 bridgehead atoms. The van der Waals surface area contributed by atoms with Crippen molar-refractivity contribution in [3.05, 3.63) is 35.4 Å². The number of esters is 1. The van der Waals surface area contributed by atoms with Gasteiger partial charge in [0.2, 0.25) is 0 Å². The summed E-state index contributed by atoms with van der Waals surface area (Å²) in [7, 11) is 0. The number of carbonyl (C=O) groups is 2. The van der Waals surface area contributed by atoms with E-state index >= 15 is 0 Å². The molecule has 0 saturated carbocycles. The molecule has 0 aliphatic carbocycles. The fraction of sp³-hybridized carbons (Fsp3) is 0.471. The molecule has 0 aromatic heterocycles. The predicted molar refractivity (Wildman–Crippen MR) is 81.0 cm³/mol. The first kappa shape index (κ1) is 16.1. The Morgan fingerprint density at radius 3 is 2.64 bits per heavy atom. The Kier molecular flexibility index (Phi) is 3.26. The molecule has 0 N–H and O–H groups in total. The summed E-state index contributed by atoms with van der Waals surface area (Å²) in [5.41, 5.74) is -1.45. The van der Waals surface area contributed by atoms with Crippen LogP contribution in [0.25, 0.3) is 0 Å². The van der Waals surface area contributed by atoms with Gasteiger partial charge in [0.05, 0.1) is 0 Å². The molecule has 1 aromatic carbocycles. The molecule has 25 heavy (non-hydrogen) atoms. The molecular weight excluding hydrogens is 337 g/mol. The molecule has 2 saturated heterocycles. The molecule has 3 aliphatic heterocycles. The van der Waals surface area contributed by atoms with Crippen LogP contribution >= 0.6 is 0 Å². The molecule has 3 aliphatic rings. The second-order valence-corrected chi connectivity index (χ2v) is 6.72. The maximum absolute atomic E-state index is 13.9. The molecule has 5 nitrogen and oxygen atoms in total. The van der Waals surface area contributed by atoms with Gasteiger partial charge in [0.15, 0.2) is 11.2 Å². The van der Waals surface area contributed by atoms with Crippen LogP contribution in [0.3, 0.4) is 0 Å². The summed E-state index contributed by atoms with van der Waals surface area (Å²) >= 11 is 0. The fourth-order valence-electron chi connectivity index (χ4n) is 4.03. The smallest absolute Gasteiger partial charge is 0.407 e. The lowest BCUT2D eigenvalue weighted by atomic mass is 9.77. The monoisotopic (exact) mass is 352 g/mol. The molecule has 0 radical (unpaired) electrons. The Hall–Kier alpha value is -2.38. The predicted octanol–water partition coefficient (Wildman–Crippen LogP) is 2.48. The number of hydrogen-bond donors (Lipinski definition) is 0. The molecule has 8 heteroatoms. The molecular formula is C17H15F3N2O3. The van der Waals surface area contributed by atoms with E-state index in [9.17, 15) is 22.8 Å². The Labute approximate surface area is 141 Å². The second kappa shape index (κ2) is 5.06.